The summed E-state index contributed by atoms with van der Waals surface area (Å²) in [6, 6.07) is 8.07. The quantitative estimate of drug-likeness (QED) is 0.885. The van der Waals surface area contributed by atoms with Crippen molar-refractivity contribution in [2.75, 3.05) is 23.3 Å². The SMILES string of the molecule is CC(N)(C(=O)Nc1cccc(N2CCCC2)c1)C1CC1. The molecule has 3 rings (SSSR count). The molecule has 4 nitrogen and oxygen atoms in total. The Balaban J connectivity index is 1.70. The Kier molecular flexibility index (Phi) is 3.42. The number of nitrogens with zero attached hydrogens (tertiary/aromatic N) is 1. The molecule has 1 heterocycles. The van der Waals surface area contributed by atoms with Gasteiger partial charge in [-0.05, 0) is 56.7 Å². The summed E-state index contributed by atoms with van der Waals surface area (Å²) in [4.78, 5) is 14.7. The molecular weight excluding hydrogens is 250 g/mol. The van der Waals surface area contributed by atoms with Gasteiger partial charge in [0.25, 0.3) is 0 Å². The molecule has 0 radical (unpaired) electrons. The first-order chi connectivity index (χ1) is 9.57. The number of carbonyl (C=O) groups excluding carboxylic acids is 1. The Bertz CT molecular complexity index is 502. The van der Waals surface area contributed by atoms with Crippen molar-refractivity contribution in [3.8, 4) is 0 Å². The van der Waals surface area contributed by atoms with E-state index in [-0.39, 0.29) is 5.91 Å². The van der Waals surface area contributed by atoms with Crippen molar-refractivity contribution in [1.29, 1.82) is 0 Å². The highest BCUT2D eigenvalue weighted by molar-refractivity contribution is 5.98. The van der Waals surface area contributed by atoms with Crippen LogP contribution in [-0.2, 0) is 4.79 Å². The summed E-state index contributed by atoms with van der Waals surface area (Å²) in [5, 5.41) is 2.98. The van der Waals surface area contributed by atoms with Crippen molar-refractivity contribution < 1.29 is 4.79 Å². The Labute approximate surface area is 120 Å². The molecule has 2 aliphatic rings. The number of carbonyl (C=O) groups is 1. The standard InChI is InChI=1S/C16H23N3O/c1-16(17,12-7-8-12)15(20)18-13-5-4-6-14(11-13)19-9-2-3-10-19/h4-6,11-12H,2-3,7-10,17H2,1H3,(H,18,20). The second kappa shape index (κ2) is 5.09. The molecule has 1 saturated heterocycles. The van der Waals surface area contributed by atoms with E-state index in [4.69, 9.17) is 5.73 Å². The highest BCUT2D eigenvalue weighted by Gasteiger charge is 2.44. The molecule has 20 heavy (non-hydrogen) atoms. The van der Waals surface area contributed by atoms with E-state index >= 15 is 0 Å². The van der Waals surface area contributed by atoms with Crippen molar-refractivity contribution in [3.63, 3.8) is 0 Å². The molecule has 1 amide bonds. The zero-order valence-corrected chi connectivity index (χ0v) is 12.1. The molecule has 3 N–H and O–H groups in total. The van der Waals surface area contributed by atoms with Gasteiger partial charge in [-0.25, -0.2) is 0 Å². The van der Waals surface area contributed by atoms with Gasteiger partial charge in [0.2, 0.25) is 5.91 Å². The van der Waals surface area contributed by atoms with Crippen LogP contribution < -0.4 is 16.0 Å². The van der Waals surface area contributed by atoms with Crippen LogP contribution in [0, 0.1) is 5.92 Å². The molecule has 2 fully saturated rings. The maximum absolute atomic E-state index is 12.3. The van der Waals surface area contributed by atoms with E-state index in [2.05, 4.69) is 16.3 Å². The lowest BCUT2D eigenvalue weighted by Crippen LogP contribution is -2.50. The van der Waals surface area contributed by atoms with Crippen LogP contribution in [0.15, 0.2) is 24.3 Å². The summed E-state index contributed by atoms with van der Waals surface area (Å²) in [6.45, 7) is 4.05. The third-order valence-electron chi connectivity index (χ3n) is 4.49. The topological polar surface area (TPSA) is 58.4 Å². The van der Waals surface area contributed by atoms with Gasteiger partial charge in [-0.15, -0.1) is 0 Å². The molecule has 1 aromatic rings. The minimum absolute atomic E-state index is 0.0708. The Morgan fingerprint density at radius 1 is 1.35 bits per heavy atom. The predicted octanol–water partition coefficient (Wildman–Crippen LogP) is 2.35. The Morgan fingerprint density at radius 2 is 2.05 bits per heavy atom. The fraction of sp³-hybridized carbons (Fsp3) is 0.562. The Morgan fingerprint density at radius 3 is 2.70 bits per heavy atom. The van der Waals surface area contributed by atoms with Gasteiger partial charge in [0.1, 0.15) is 0 Å². The van der Waals surface area contributed by atoms with E-state index in [1.54, 1.807) is 0 Å². The average molecular weight is 273 g/mol. The summed E-state index contributed by atoms with van der Waals surface area (Å²) in [5.41, 5.74) is 7.43. The summed E-state index contributed by atoms with van der Waals surface area (Å²) in [5.74, 6) is 0.267. The number of nitrogens with two attached hydrogens (primary N) is 1. The zero-order chi connectivity index (χ0) is 14.2. The lowest BCUT2D eigenvalue weighted by molar-refractivity contribution is -0.121. The molecule has 0 spiro atoms. The van der Waals surface area contributed by atoms with E-state index < -0.39 is 5.54 Å². The summed E-state index contributed by atoms with van der Waals surface area (Å²) >= 11 is 0. The first-order valence-electron chi connectivity index (χ1n) is 7.53. The zero-order valence-electron chi connectivity index (χ0n) is 12.1. The monoisotopic (exact) mass is 273 g/mol. The first-order valence-corrected chi connectivity index (χ1v) is 7.53. The minimum atomic E-state index is -0.746. The number of amides is 1. The van der Waals surface area contributed by atoms with E-state index in [0.29, 0.717) is 5.92 Å². The fourth-order valence-corrected chi connectivity index (χ4v) is 2.89. The van der Waals surface area contributed by atoms with Gasteiger partial charge in [0.15, 0.2) is 0 Å². The average Bonchev–Trinajstić information content (AvgIpc) is 3.15. The van der Waals surface area contributed by atoms with Crippen LogP contribution in [-0.4, -0.2) is 24.5 Å². The van der Waals surface area contributed by atoms with E-state index in [1.807, 2.05) is 25.1 Å². The predicted molar refractivity (Wildman–Crippen MR) is 81.8 cm³/mol. The van der Waals surface area contributed by atoms with Gasteiger partial charge in [-0.3, -0.25) is 4.79 Å². The van der Waals surface area contributed by atoms with Crippen LogP contribution in [0.4, 0.5) is 11.4 Å². The van der Waals surface area contributed by atoms with Crippen molar-refractivity contribution in [2.45, 2.75) is 38.1 Å². The maximum atomic E-state index is 12.3. The smallest absolute Gasteiger partial charge is 0.244 e. The van der Waals surface area contributed by atoms with Crippen LogP contribution in [0.25, 0.3) is 0 Å². The van der Waals surface area contributed by atoms with Gasteiger partial charge >= 0.3 is 0 Å². The number of rotatable bonds is 4. The maximum Gasteiger partial charge on any atom is 0.244 e. The highest BCUT2D eigenvalue weighted by atomic mass is 16.2. The second-order valence-electron chi connectivity index (χ2n) is 6.26. The van der Waals surface area contributed by atoms with Gasteiger partial charge in [-0.1, -0.05) is 6.07 Å². The molecular formula is C16H23N3O. The van der Waals surface area contributed by atoms with E-state index in [1.165, 1.54) is 18.5 Å². The van der Waals surface area contributed by atoms with E-state index in [0.717, 1.165) is 31.6 Å². The molecule has 0 aromatic heterocycles. The fourth-order valence-electron chi connectivity index (χ4n) is 2.89. The van der Waals surface area contributed by atoms with E-state index in [9.17, 15) is 4.79 Å². The molecule has 0 bridgehead atoms. The third-order valence-corrected chi connectivity index (χ3v) is 4.49. The highest BCUT2D eigenvalue weighted by Crippen LogP contribution is 2.38. The number of anilines is 2. The van der Waals surface area contributed by atoms with Gasteiger partial charge in [-0.2, -0.15) is 0 Å². The van der Waals surface area contributed by atoms with Crippen molar-refractivity contribution in [3.05, 3.63) is 24.3 Å². The molecule has 1 saturated carbocycles. The van der Waals surface area contributed by atoms with Crippen LogP contribution >= 0.6 is 0 Å². The number of nitrogens with one attached hydrogen (secondary N) is 1. The third kappa shape index (κ3) is 2.66. The van der Waals surface area contributed by atoms with Crippen molar-refractivity contribution >= 4 is 17.3 Å². The molecule has 1 aliphatic carbocycles. The lowest BCUT2D eigenvalue weighted by Gasteiger charge is -2.24. The van der Waals surface area contributed by atoms with Crippen LogP contribution in [0.3, 0.4) is 0 Å². The van der Waals surface area contributed by atoms with Crippen LogP contribution in [0.5, 0.6) is 0 Å². The Hall–Kier alpha value is -1.55. The molecule has 1 unspecified atom stereocenters. The number of hydrogen-bond donors (Lipinski definition) is 2. The molecule has 1 aliphatic heterocycles. The summed E-state index contributed by atoms with van der Waals surface area (Å²) in [7, 11) is 0. The van der Waals surface area contributed by atoms with Gasteiger partial charge < -0.3 is 16.0 Å². The molecule has 4 heteroatoms. The lowest BCUT2D eigenvalue weighted by atomic mass is 9.96. The largest absolute Gasteiger partial charge is 0.371 e. The van der Waals surface area contributed by atoms with Crippen LogP contribution in [0.2, 0.25) is 0 Å². The second-order valence-corrected chi connectivity index (χ2v) is 6.26. The van der Waals surface area contributed by atoms with Gasteiger partial charge in [0, 0.05) is 24.5 Å². The molecule has 108 valence electrons. The van der Waals surface area contributed by atoms with Crippen molar-refractivity contribution in [1.82, 2.24) is 0 Å². The van der Waals surface area contributed by atoms with Crippen LogP contribution in [0.1, 0.15) is 32.6 Å². The minimum Gasteiger partial charge on any atom is -0.371 e. The first kappa shape index (κ1) is 13.4. The summed E-state index contributed by atoms with van der Waals surface area (Å²) < 4.78 is 0. The van der Waals surface area contributed by atoms with Crippen molar-refractivity contribution in [2.24, 2.45) is 11.7 Å². The number of benzene rings is 1. The normalized spacial score (nSPS) is 21.6. The molecule has 1 aromatic carbocycles. The summed E-state index contributed by atoms with van der Waals surface area (Å²) in [6.07, 6.45) is 4.63. The van der Waals surface area contributed by atoms with Gasteiger partial charge in [0.05, 0.1) is 5.54 Å². The number of hydrogen-bond acceptors (Lipinski definition) is 3. The molecule has 1 atom stereocenters.